The van der Waals surface area contributed by atoms with Crippen LogP contribution in [-0.4, -0.2) is 17.8 Å². The molecule has 6 aromatic carbocycles. The Kier molecular flexibility index (Phi) is 6.19. The third-order valence-corrected chi connectivity index (χ3v) is 13.3. The van der Waals surface area contributed by atoms with Crippen LogP contribution in [0.2, 0.25) is 0 Å². The number of nitrogens with zero attached hydrogens (tertiary/aromatic N) is 4. The maximum atomic E-state index is 7.19. The molecule has 4 aliphatic rings. The minimum absolute atomic E-state index is 0.0321. The molecule has 1 spiro atoms. The molecule has 8 aromatic rings. The number of hydrogen-bond acceptors (Lipinski definition) is 3. The molecule has 2 atom stereocenters. The molecule has 0 radical (unpaired) electrons. The first kappa shape index (κ1) is 32.9. The van der Waals surface area contributed by atoms with E-state index in [0.717, 1.165) is 11.5 Å². The number of benzene rings is 6. The summed E-state index contributed by atoms with van der Waals surface area (Å²) in [5.74, 6) is 3.06. The van der Waals surface area contributed by atoms with E-state index >= 15 is 0 Å². The lowest BCUT2D eigenvalue weighted by atomic mass is 9.75. The zero-order valence-corrected chi connectivity index (χ0v) is 33.6. The molecule has 2 unspecified atom stereocenters. The molecule has 5 heteroatoms. The van der Waals surface area contributed by atoms with Crippen LogP contribution in [0.4, 0.5) is 17.1 Å². The molecule has 0 fully saturated rings. The molecule has 6 heterocycles. The minimum atomic E-state index is -0.629. The second-order valence-corrected chi connectivity index (χ2v) is 18.6. The first-order chi connectivity index (χ1) is 27.4. The van der Waals surface area contributed by atoms with Crippen molar-refractivity contribution in [3.05, 3.63) is 162 Å². The zero-order valence-electron chi connectivity index (χ0n) is 33.6. The summed E-state index contributed by atoms with van der Waals surface area (Å²) < 4.78 is 12.3. The average Bonchev–Trinajstić information content (AvgIpc) is 3.82. The Bertz CT molecular complexity index is 3040. The molecule has 57 heavy (non-hydrogen) atoms. The Morgan fingerprint density at radius 1 is 0.561 bits per heavy atom. The van der Waals surface area contributed by atoms with E-state index in [4.69, 9.17) is 4.74 Å². The van der Waals surface area contributed by atoms with Gasteiger partial charge in [-0.3, -0.25) is 0 Å². The molecular weight excluding hydrogens is 697 g/mol. The van der Waals surface area contributed by atoms with Gasteiger partial charge in [-0.2, -0.15) is 4.57 Å². The van der Waals surface area contributed by atoms with E-state index in [2.05, 4.69) is 207 Å². The standard InChI is InChI=1S/C52H45N4O/c1-50(2,3)35-25-26-54-45(30-35)56-39-16-12-11-15-37(39)38-22-24-43-47(48(38)56)52(54)46-42(28-36(51(4,5)6)29-44(46)57-43)55-40-23-21-34(27-41(40)53(7)49(52)55)33-19-17-32(18-20-33)31-13-9-8-10-14-31/h8-30,49H,1-7H3/q+1. The van der Waals surface area contributed by atoms with E-state index in [9.17, 15) is 0 Å². The van der Waals surface area contributed by atoms with E-state index in [0.29, 0.717) is 0 Å². The number of fused-ring (bicyclic) bond motifs is 9. The maximum absolute atomic E-state index is 7.19. The van der Waals surface area contributed by atoms with Crippen LogP contribution >= 0.6 is 0 Å². The third kappa shape index (κ3) is 4.11. The fourth-order valence-corrected chi connectivity index (χ4v) is 10.5. The summed E-state index contributed by atoms with van der Waals surface area (Å²) in [6, 6.07) is 49.7. The number of likely N-dealkylation sites (N-methyl/N-ethyl adjacent to an activating group) is 1. The second kappa shape index (κ2) is 10.7. The van der Waals surface area contributed by atoms with Gasteiger partial charge in [0, 0.05) is 23.9 Å². The summed E-state index contributed by atoms with van der Waals surface area (Å²) in [7, 11) is 2.31. The molecule has 278 valence electrons. The van der Waals surface area contributed by atoms with Crippen LogP contribution in [0.5, 0.6) is 11.5 Å². The van der Waals surface area contributed by atoms with E-state index < -0.39 is 5.54 Å². The molecule has 0 amide bonds. The Morgan fingerprint density at radius 3 is 2.00 bits per heavy atom. The van der Waals surface area contributed by atoms with Crippen molar-refractivity contribution in [3.63, 3.8) is 0 Å². The van der Waals surface area contributed by atoms with Gasteiger partial charge in [0.05, 0.1) is 34.4 Å². The van der Waals surface area contributed by atoms with Crippen LogP contribution in [0.25, 0.3) is 49.9 Å². The van der Waals surface area contributed by atoms with Crippen molar-refractivity contribution in [2.45, 2.75) is 64.1 Å². The Balaban J connectivity index is 1.15. The molecule has 0 bridgehead atoms. The quantitative estimate of drug-likeness (QED) is 0.165. The van der Waals surface area contributed by atoms with Gasteiger partial charge in [0.2, 0.25) is 5.54 Å². The number of hydrogen-bond donors (Lipinski definition) is 0. The largest absolute Gasteiger partial charge is 0.456 e. The Labute approximate surface area is 334 Å². The molecule has 0 N–H and O–H groups in total. The van der Waals surface area contributed by atoms with Gasteiger partial charge in [-0.25, -0.2) is 4.57 Å². The Hall–Kier alpha value is -6.33. The van der Waals surface area contributed by atoms with E-state index in [-0.39, 0.29) is 17.0 Å². The highest BCUT2D eigenvalue weighted by atomic mass is 16.5. The lowest BCUT2D eigenvalue weighted by molar-refractivity contribution is -0.741. The van der Waals surface area contributed by atoms with E-state index in [1.807, 2.05) is 0 Å². The first-order valence-corrected chi connectivity index (χ1v) is 20.3. The summed E-state index contributed by atoms with van der Waals surface area (Å²) in [6.45, 7) is 13.9. The monoisotopic (exact) mass is 741 g/mol. The summed E-state index contributed by atoms with van der Waals surface area (Å²) in [4.78, 5) is 5.19. The van der Waals surface area contributed by atoms with Crippen LogP contribution in [0.15, 0.2) is 140 Å². The van der Waals surface area contributed by atoms with Crippen molar-refractivity contribution in [2.75, 3.05) is 16.8 Å². The fraction of sp³-hybridized carbons (Fsp3) is 0.212. The highest BCUT2D eigenvalue weighted by Crippen LogP contribution is 2.66. The van der Waals surface area contributed by atoms with E-state index in [1.54, 1.807) is 0 Å². The van der Waals surface area contributed by atoms with Gasteiger partial charge in [0.1, 0.15) is 17.0 Å². The fourth-order valence-electron chi connectivity index (χ4n) is 10.5. The van der Waals surface area contributed by atoms with Crippen molar-refractivity contribution in [1.82, 2.24) is 4.57 Å². The summed E-state index contributed by atoms with van der Waals surface area (Å²) in [5.41, 5.74) is 15.3. The summed E-state index contributed by atoms with van der Waals surface area (Å²) >= 11 is 0. The zero-order chi connectivity index (χ0) is 38.7. The maximum Gasteiger partial charge on any atom is 0.288 e. The highest BCUT2D eigenvalue weighted by molar-refractivity contribution is 6.12. The van der Waals surface area contributed by atoms with Crippen LogP contribution in [0.1, 0.15) is 63.8 Å². The topological polar surface area (TPSA) is 24.5 Å². The molecule has 0 saturated carbocycles. The normalized spacial score (nSPS) is 18.4. The van der Waals surface area contributed by atoms with Gasteiger partial charge in [0.25, 0.3) is 5.82 Å². The van der Waals surface area contributed by atoms with E-state index in [1.165, 1.54) is 89.2 Å². The van der Waals surface area contributed by atoms with Crippen LogP contribution in [-0.2, 0) is 16.4 Å². The lowest BCUT2D eigenvalue weighted by Gasteiger charge is -2.43. The van der Waals surface area contributed by atoms with Crippen LogP contribution < -0.4 is 19.1 Å². The Morgan fingerprint density at radius 2 is 1.25 bits per heavy atom. The number of para-hydroxylation sites is 1. The lowest BCUT2D eigenvalue weighted by Crippen LogP contribution is -2.70. The minimum Gasteiger partial charge on any atom is -0.456 e. The first-order valence-electron chi connectivity index (χ1n) is 20.3. The van der Waals surface area contributed by atoms with Crippen molar-refractivity contribution >= 4 is 38.9 Å². The second-order valence-electron chi connectivity index (χ2n) is 18.6. The molecular formula is C52H45N4O+. The number of rotatable bonds is 2. The van der Waals surface area contributed by atoms with Gasteiger partial charge in [-0.15, -0.1) is 0 Å². The van der Waals surface area contributed by atoms with Crippen molar-refractivity contribution in [1.29, 1.82) is 0 Å². The third-order valence-electron chi connectivity index (χ3n) is 13.3. The smallest absolute Gasteiger partial charge is 0.288 e. The van der Waals surface area contributed by atoms with Crippen LogP contribution in [0.3, 0.4) is 0 Å². The number of anilines is 3. The van der Waals surface area contributed by atoms with Gasteiger partial charge in [0.15, 0.2) is 11.7 Å². The van der Waals surface area contributed by atoms with Gasteiger partial charge >= 0.3 is 0 Å². The van der Waals surface area contributed by atoms with Crippen molar-refractivity contribution in [3.8, 4) is 39.6 Å². The molecule has 0 aliphatic carbocycles. The number of pyridine rings is 1. The van der Waals surface area contributed by atoms with Crippen molar-refractivity contribution < 1.29 is 9.30 Å². The molecule has 12 rings (SSSR count). The molecule has 0 saturated heterocycles. The predicted octanol–water partition coefficient (Wildman–Crippen LogP) is 12.1. The van der Waals surface area contributed by atoms with Crippen molar-refractivity contribution in [2.24, 2.45) is 0 Å². The molecule has 2 aromatic heterocycles. The predicted molar refractivity (Wildman–Crippen MR) is 233 cm³/mol. The highest BCUT2D eigenvalue weighted by Gasteiger charge is 2.69. The molecule has 4 aliphatic heterocycles. The average molecular weight is 742 g/mol. The molecule has 5 nitrogen and oxygen atoms in total. The summed E-state index contributed by atoms with van der Waals surface area (Å²) in [6.07, 6.45) is 2.28. The SMILES string of the molecule is CN1c2cc(-c3ccc(-c4ccccc4)cc3)ccc2N2c3cc(C(C)(C)C)cc4c3C3(c5c(ccc6c7ccccc7n(c56)-c5cc(C(C)(C)C)cc[n+]53)O4)C12. The van der Waals surface area contributed by atoms with Crippen LogP contribution in [0, 0.1) is 0 Å². The van der Waals surface area contributed by atoms with Gasteiger partial charge in [-0.1, -0.05) is 114 Å². The number of ether oxygens (including phenoxy) is 1. The van der Waals surface area contributed by atoms with Gasteiger partial charge < -0.3 is 14.5 Å². The van der Waals surface area contributed by atoms with Gasteiger partial charge in [-0.05, 0) is 98.8 Å². The summed E-state index contributed by atoms with van der Waals surface area (Å²) in [5, 5.41) is 2.52. The number of aromatic nitrogens is 2.